The molecule has 2 amide bonds. The van der Waals surface area contributed by atoms with E-state index in [1.54, 1.807) is 13.1 Å². The first-order valence-corrected chi connectivity index (χ1v) is 12.2. The van der Waals surface area contributed by atoms with Crippen molar-refractivity contribution in [3.63, 3.8) is 0 Å². The Kier molecular flexibility index (Phi) is 6.71. The maximum absolute atomic E-state index is 13.1. The van der Waals surface area contributed by atoms with Gasteiger partial charge < -0.3 is 15.4 Å². The second kappa shape index (κ2) is 9.38. The average molecular weight is 469 g/mol. The van der Waals surface area contributed by atoms with E-state index in [4.69, 9.17) is 16.3 Å². The van der Waals surface area contributed by atoms with E-state index in [9.17, 15) is 9.59 Å². The van der Waals surface area contributed by atoms with Gasteiger partial charge in [-0.3, -0.25) is 9.59 Å². The van der Waals surface area contributed by atoms with Gasteiger partial charge in [0.25, 0.3) is 5.91 Å². The molecule has 0 bridgehead atoms. The van der Waals surface area contributed by atoms with E-state index < -0.39 is 0 Å². The number of rotatable bonds is 6. The summed E-state index contributed by atoms with van der Waals surface area (Å²) >= 11 is 6.80. The topological polar surface area (TPSA) is 67.4 Å². The van der Waals surface area contributed by atoms with Crippen molar-refractivity contribution in [2.45, 2.75) is 57.9 Å². The average Bonchev–Trinajstić information content (AvgIpc) is 3.07. The molecule has 1 heterocycles. The van der Waals surface area contributed by atoms with Crippen LogP contribution in [-0.4, -0.2) is 31.5 Å². The molecule has 2 aromatic carbocycles. The molecule has 1 saturated carbocycles. The lowest BCUT2D eigenvalue weighted by molar-refractivity contribution is -0.131. The summed E-state index contributed by atoms with van der Waals surface area (Å²) in [6.45, 7) is 6.33. The summed E-state index contributed by atoms with van der Waals surface area (Å²) in [6, 6.07) is 14.5. The molecule has 1 aliphatic heterocycles. The first-order chi connectivity index (χ1) is 15.8. The van der Waals surface area contributed by atoms with E-state index in [1.165, 1.54) is 11.1 Å². The molecule has 176 valence electrons. The van der Waals surface area contributed by atoms with E-state index in [0.717, 1.165) is 24.8 Å². The normalized spacial score (nSPS) is 28.7. The molecular formula is C27H33ClN2O3. The van der Waals surface area contributed by atoms with Gasteiger partial charge in [-0.2, -0.15) is 0 Å². The monoisotopic (exact) mass is 468 g/mol. The zero-order chi connectivity index (χ0) is 23.8. The van der Waals surface area contributed by atoms with E-state index in [2.05, 4.69) is 55.7 Å². The lowest BCUT2D eigenvalue weighted by Gasteiger charge is -2.47. The Morgan fingerprint density at radius 3 is 2.61 bits per heavy atom. The zero-order valence-corrected chi connectivity index (χ0v) is 20.5. The van der Waals surface area contributed by atoms with E-state index in [0.29, 0.717) is 10.8 Å². The minimum atomic E-state index is -0.339. The maximum Gasteiger partial charge on any atom is 0.257 e. The third-order valence-corrected chi connectivity index (χ3v) is 8.15. The third-order valence-electron chi connectivity index (χ3n) is 7.82. The highest BCUT2D eigenvalue weighted by Crippen LogP contribution is 2.60. The van der Waals surface area contributed by atoms with Crippen LogP contribution in [0.2, 0.25) is 5.02 Å². The molecular weight excluding hydrogens is 436 g/mol. The van der Waals surface area contributed by atoms with Crippen molar-refractivity contribution in [3.05, 3.63) is 64.2 Å². The number of nitrogens with one attached hydrogen (secondary N) is 2. The number of likely N-dealkylation sites (N-methyl/N-ethyl adjacent to an activating group) is 1. The van der Waals surface area contributed by atoms with Gasteiger partial charge in [0.05, 0.1) is 5.41 Å². The van der Waals surface area contributed by atoms with Gasteiger partial charge in [-0.25, -0.2) is 0 Å². The van der Waals surface area contributed by atoms with Gasteiger partial charge in [-0.05, 0) is 68.2 Å². The SMILES string of the molecule is CC[C@@]12CC[C@@H](c3ccc(OCC(=O)NC)cc3Cl)[C@H](c3ccc(C)cc3)[C@@H]1[C@@H](C)NC2=O. The van der Waals surface area contributed by atoms with Crippen LogP contribution in [0, 0.1) is 18.3 Å². The molecule has 2 aliphatic rings. The molecule has 0 radical (unpaired) electrons. The number of amides is 2. The molecule has 0 aromatic heterocycles. The summed E-state index contributed by atoms with van der Waals surface area (Å²) < 4.78 is 5.59. The summed E-state index contributed by atoms with van der Waals surface area (Å²) in [7, 11) is 1.58. The Bertz CT molecular complexity index is 1040. The Morgan fingerprint density at radius 2 is 1.97 bits per heavy atom. The van der Waals surface area contributed by atoms with Crippen LogP contribution in [0.1, 0.15) is 61.6 Å². The molecule has 2 aromatic rings. The van der Waals surface area contributed by atoms with Gasteiger partial charge in [0.1, 0.15) is 5.75 Å². The van der Waals surface area contributed by atoms with Crippen LogP contribution in [-0.2, 0) is 9.59 Å². The molecule has 1 saturated heterocycles. The van der Waals surface area contributed by atoms with E-state index in [1.807, 2.05) is 12.1 Å². The van der Waals surface area contributed by atoms with Crippen molar-refractivity contribution in [1.82, 2.24) is 10.6 Å². The zero-order valence-electron chi connectivity index (χ0n) is 19.8. The fraction of sp³-hybridized carbons (Fsp3) is 0.481. The predicted octanol–water partition coefficient (Wildman–Crippen LogP) is 4.97. The lowest BCUT2D eigenvalue weighted by atomic mass is 9.54. The van der Waals surface area contributed by atoms with Crippen LogP contribution < -0.4 is 15.4 Å². The van der Waals surface area contributed by atoms with E-state index >= 15 is 0 Å². The summed E-state index contributed by atoms with van der Waals surface area (Å²) in [5, 5.41) is 6.45. The van der Waals surface area contributed by atoms with Crippen molar-refractivity contribution in [1.29, 1.82) is 0 Å². The van der Waals surface area contributed by atoms with Gasteiger partial charge >= 0.3 is 0 Å². The minimum Gasteiger partial charge on any atom is -0.484 e. The first kappa shape index (κ1) is 23.6. The molecule has 0 unspecified atom stereocenters. The molecule has 2 fully saturated rings. The van der Waals surface area contributed by atoms with Crippen molar-refractivity contribution in [2.75, 3.05) is 13.7 Å². The van der Waals surface area contributed by atoms with Crippen LogP contribution in [0.15, 0.2) is 42.5 Å². The number of hydrogen-bond acceptors (Lipinski definition) is 3. The number of carbonyl (C=O) groups excluding carboxylic acids is 2. The molecule has 0 spiro atoms. The van der Waals surface area contributed by atoms with Crippen molar-refractivity contribution < 1.29 is 14.3 Å². The van der Waals surface area contributed by atoms with Crippen molar-refractivity contribution in [3.8, 4) is 5.75 Å². The second-order valence-electron chi connectivity index (χ2n) is 9.52. The van der Waals surface area contributed by atoms with Crippen molar-refractivity contribution in [2.24, 2.45) is 11.3 Å². The first-order valence-electron chi connectivity index (χ1n) is 11.8. The van der Waals surface area contributed by atoms with Crippen LogP contribution in [0.25, 0.3) is 0 Å². The van der Waals surface area contributed by atoms with Gasteiger partial charge in [0, 0.05) is 24.0 Å². The standard InChI is InChI=1S/C27H33ClN2O3/c1-5-27-13-12-21(20-11-10-19(14-22(20)28)33-15-23(31)29-4)24(18-8-6-16(2)7-9-18)25(27)17(3)30-26(27)32/h6-11,14,17,21,24-25H,5,12-13,15H2,1-4H3,(H,29,31)(H,30,32)/t17-,21+,24+,25+,27-/m1/s1. The number of hydrogen-bond donors (Lipinski definition) is 2. The fourth-order valence-corrected chi connectivity index (χ4v) is 6.43. The smallest absolute Gasteiger partial charge is 0.257 e. The largest absolute Gasteiger partial charge is 0.484 e. The second-order valence-corrected chi connectivity index (χ2v) is 9.93. The molecule has 5 nitrogen and oxygen atoms in total. The molecule has 33 heavy (non-hydrogen) atoms. The number of fused-ring (bicyclic) bond motifs is 1. The van der Waals surface area contributed by atoms with Crippen LogP contribution >= 0.6 is 11.6 Å². The minimum absolute atomic E-state index is 0.0476. The van der Waals surface area contributed by atoms with Gasteiger partial charge in [-0.15, -0.1) is 0 Å². The number of aryl methyl sites for hydroxylation is 1. The Labute approximate surface area is 201 Å². The Balaban J connectivity index is 1.73. The van der Waals surface area contributed by atoms with Crippen LogP contribution in [0.3, 0.4) is 0 Å². The number of halogens is 1. The van der Waals surface area contributed by atoms with E-state index in [-0.39, 0.29) is 47.6 Å². The van der Waals surface area contributed by atoms with Crippen LogP contribution in [0.5, 0.6) is 5.75 Å². The summed E-state index contributed by atoms with van der Waals surface area (Å²) in [5.41, 5.74) is 3.21. The molecule has 2 N–H and O–H groups in total. The van der Waals surface area contributed by atoms with Crippen molar-refractivity contribution >= 4 is 23.4 Å². The third kappa shape index (κ3) is 4.23. The quantitative estimate of drug-likeness (QED) is 0.629. The number of benzene rings is 2. The fourth-order valence-electron chi connectivity index (χ4n) is 6.12. The number of carbonyl (C=O) groups is 2. The van der Waals surface area contributed by atoms with Gasteiger partial charge in [-0.1, -0.05) is 54.4 Å². The Morgan fingerprint density at radius 1 is 1.24 bits per heavy atom. The van der Waals surface area contributed by atoms with Gasteiger partial charge in [0.15, 0.2) is 6.61 Å². The summed E-state index contributed by atoms with van der Waals surface area (Å²) in [6.07, 6.45) is 2.58. The molecule has 1 aliphatic carbocycles. The maximum atomic E-state index is 13.1. The predicted molar refractivity (Wildman–Crippen MR) is 131 cm³/mol. The molecule has 6 heteroatoms. The highest BCUT2D eigenvalue weighted by Gasteiger charge is 2.59. The summed E-state index contributed by atoms with van der Waals surface area (Å²) in [5.74, 6) is 1.13. The molecule has 5 atom stereocenters. The lowest BCUT2D eigenvalue weighted by Crippen LogP contribution is -2.43. The summed E-state index contributed by atoms with van der Waals surface area (Å²) in [4.78, 5) is 24.7. The molecule has 4 rings (SSSR count). The highest BCUT2D eigenvalue weighted by molar-refractivity contribution is 6.31. The van der Waals surface area contributed by atoms with Gasteiger partial charge in [0.2, 0.25) is 5.91 Å². The van der Waals surface area contributed by atoms with Crippen LogP contribution in [0.4, 0.5) is 0 Å². The highest BCUT2D eigenvalue weighted by atomic mass is 35.5. The number of ether oxygens (including phenoxy) is 1. The Hall–Kier alpha value is -2.53.